The average molecular weight is 374 g/mol. The number of hydrogen-bond donors (Lipinski definition) is 2. The van der Waals surface area contributed by atoms with Crippen LogP contribution in [0.15, 0.2) is 54.6 Å². The van der Waals surface area contributed by atoms with E-state index in [1.807, 2.05) is 30.3 Å². The number of carbonyl (C=O) groups excluding carboxylic acids is 2. The highest BCUT2D eigenvalue weighted by Gasteiger charge is 2.34. The van der Waals surface area contributed by atoms with E-state index in [2.05, 4.69) is 9.44 Å². The van der Waals surface area contributed by atoms with Crippen LogP contribution in [0.5, 0.6) is 0 Å². The van der Waals surface area contributed by atoms with Gasteiger partial charge in [-0.25, -0.2) is 9.69 Å². The molecule has 0 bridgehead atoms. The highest BCUT2D eigenvalue weighted by atomic mass is 32.2. The third-order valence-corrected chi connectivity index (χ3v) is 4.83. The highest BCUT2D eigenvalue weighted by Crippen LogP contribution is 2.24. The van der Waals surface area contributed by atoms with Crippen LogP contribution in [-0.4, -0.2) is 38.8 Å². The summed E-state index contributed by atoms with van der Waals surface area (Å²) >= 11 is 0. The van der Waals surface area contributed by atoms with Crippen molar-refractivity contribution < 1.29 is 18.0 Å². The molecule has 1 aliphatic rings. The van der Waals surface area contributed by atoms with Crippen molar-refractivity contribution in [3.05, 3.63) is 60.2 Å². The van der Waals surface area contributed by atoms with Crippen LogP contribution in [0.25, 0.3) is 0 Å². The van der Waals surface area contributed by atoms with E-state index in [0.29, 0.717) is 5.69 Å². The van der Waals surface area contributed by atoms with Crippen LogP contribution in [0.3, 0.4) is 0 Å². The zero-order valence-electron chi connectivity index (χ0n) is 14.0. The molecule has 2 N–H and O–H groups in total. The first-order valence-electron chi connectivity index (χ1n) is 7.85. The lowest BCUT2D eigenvalue weighted by Gasteiger charge is -2.16. The van der Waals surface area contributed by atoms with Crippen LogP contribution in [0.4, 0.5) is 16.2 Å². The number of likely N-dealkylation sites (N-methyl/N-ethyl adjacent to an activating group) is 1. The number of amides is 3. The Balaban J connectivity index is 1.72. The molecule has 0 radical (unpaired) electrons. The Morgan fingerprint density at radius 1 is 1.04 bits per heavy atom. The standard InChI is InChI=1S/C17H18N4O4S/c1-20-12-16(22)21(17(20)23)15-9-5-8-14(10-15)19-26(24,25)18-11-13-6-3-2-4-7-13/h2-10,18-19H,11-12H2,1H3. The molecule has 8 nitrogen and oxygen atoms in total. The van der Waals surface area contributed by atoms with Gasteiger partial charge in [0.25, 0.3) is 16.1 Å². The normalized spacial score (nSPS) is 14.8. The lowest BCUT2D eigenvalue weighted by atomic mass is 10.2. The molecule has 0 aromatic heterocycles. The lowest BCUT2D eigenvalue weighted by molar-refractivity contribution is -0.116. The molecule has 26 heavy (non-hydrogen) atoms. The molecule has 3 rings (SSSR count). The summed E-state index contributed by atoms with van der Waals surface area (Å²) < 4.78 is 29.3. The Morgan fingerprint density at radius 3 is 2.42 bits per heavy atom. The molecule has 0 unspecified atom stereocenters. The highest BCUT2D eigenvalue weighted by molar-refractivity contribution is 7.90. The van der Waals surface area contributed by atoms with E-state index in [4.69, 9.17) is 0 Å². The Hall–Kier alpha value is -2.91. The molecule has 0 aliphatic carbocycles. The lowest BCUT2D eigenvalue weighted by Crippen LogP contribution is -2.32. The fourth-order valence-corrected chi connectivity index (χ4v) is 3.41. The fraction of sp³-hybridized carbons (Fsp3) is 0.176. The predicted octanol–water partition coefficient (Wildman–Crippen LogP) is 1.53. The van der Waals surface area contributed by atoms with E-state index < -0.39 is 16.2 Å². The van der Waals surface area contributed by atoms with Crippen LogP contribution >= 0.6 is 0 Å². The van der Waals surface area contributed by atoms with Gasteiger partial charge in [-0.05, 0) is 23.8 Å². The maximum Gasteiger partial charge on any atom is 0.331 e. The quantitative estimate of drug-likeness (QED) is 0.749. The molecule has 2 aromatic rings. The molecular weight excluding hydrogens is 356 g/mol. The van der Waals surface area contributed by atoms with Crippen molar-refractivity contribution in [1.82, 2.24) is 9.62 Å². The van der Waals surface area contributed by atoms with Gasteiger partial charge in [0.05, 0.1) is 11.4 Å². The van der Waals surface area contributed by atoms with Gasteiger partial charge in [0.15, 0.2) is 0 Å². The Labute approximate surface area is 151 Å². The second-order valence-corrected chi connectivity index (χ2v) is 7.33. The molecule has 1 heterocycles. The van der Waals surface area contributed by atoms with E-state index in [9.17, 15) is 18.0 Å². The Kier molecular flexibility index (Phi) is 4.92. The number of rotatable bonds is 6. The SMILES string of the molecule is CN1CC(=O)N(c2cccc(NS(=O)(=O)NCc3ccccc3)c2)C1=O. The van der Waals surface area contributed by atoms with Crippen molar-refractivity contribution in [2.75, 3.05) is 23.2 Å². The molecule has 1 saturated heterocycles. The van der Waals surface area contributed by atoms with Crippen LogP contribution < -0.4 is 14.3 Å². The van der Waals surface area contributed by atoms with Crippen molar-refractivity contribution in [1.29, 1.82) is 0 Å². The zero-order valence-corrected chi connectivity index (χ0v) is 14.9. The van der Waals surface area contributed by atoms with Crippen molar-refractivity contribution in [2.45, 2.75) is 6.54 Å². The van der Waals surface area contributed by atoms with Crippen molar-refractivity contribution in [3.8, 4) is 0 Å². The number of urea groups is 1. The van der Waals surface area contributed by atoms with Gasteiger partial charge in [-0.3, -0.25) is 9.52 Å². The molecule has 9 heteroatoms. The van der Waals surface area contributed by atoms with Crippen LogP contribution in [0.2, 0.25) is 0 Å². The topological polar surface area (TPSA) is 98.8 Å². The van der Waals surface area contributed by atoms with Gasteiger partial charge in [-0.1, -0.05) is 36.4 Å². The van der Waals surface area contributed by atoms with Gasteiger partial charge in [-0.2, -0.15) is 13.1 Å². The maximum absolute atomic E-state index is 12.2. The Bertz CT molecular complexity index is 931. The zero-order chi connectivity index (χ0) is 18.7. The largest absolute Gasteiger partial charge is 0.331 e. The summed E-state index contributed by atoms with van der Waals surface area (Å²) in [4.78, 5) is 26.3. The number of imide groups is 1. The molecule has 136 valence electrons. The second kappa shape index (κ2) is 7.14. The first kappa shape index (κ1) is 17.9. The smallest absolute Gasteiger partial charge is 0.318 e. The summed E-state index contributed by atoms with van der Waals surface area (Å²) in [6.45, 7) is 0.136. The second-order valence-electron chi connectivity index (χ2n) is 5.83. The summed E-state index contributed by atoms with van der Waals surface area (Å²) in [5.74, 6) is -0.361. The summed E-state index contributed by atoms with van der Waals surface area (Å²) in [5.41, 5.74) is 1.38. The van der Waals surface area contributed by atoms with E-state index in [1.165, 1.54) is 18.0 Å². The van der Waals surface area contributed by atoms with E-state index in [1.54, 1.807) is 18.2 Å². The number of hydrogen-bond acceptors (Lipinski definition) is 4. The van der Waals surface area contributed by atoms with Gasteiger partial charge in [0.1, 0.15) is 6.54 Å². The van der Waals surface area contributed by atoms with E-state index in [-0.39, 0.29) is 24.7 Å². The Morgan fingerprint density at radius 2 is 1.77 bits per heavy atom. The molecular formula is C17H18N4O4S. The van der Waals surface area contributed by atoms with Crippen molar-refractivity contribution >= 4 is 33.5 Å². The number of nitrogens with zero attached hydrogens (tertiary/aromatic N) is 2. The minimum Gasteiger partial charge on any atom is -0.318 e. The van der Waals surface area contributed by atoms with Crippen LogP contribution in [0, 0.1) is 0 Å². The maximum atomic E-state index is 12.2. The third kappa shape index (κ3) is 4.01. The van der Waals surface area contributed by atoms with Crippen LogP contribution in [-0.2, 0) is 21.5 Å². The molecule has 0 saturated carbocycles. The summed E-state index contributed by atoms with van der Waals surface area (Å²) in [6.07, 6.45) is 0. The summed E-state index contributed by atoms with van der Waals surface area (Å²) in [5, 5.41) is 0. The van der Waals surface area contributed by atoms with Crippen LogP contribution in [0.1, 0.15) is 5.56 Å². The number of carbonyl (C=O) groups is 2. The van der Waals surface area contributed by atoms with Gasteiger partial charge in [0.2, 0.25) is 0 Å². The number of anilines is 2. The molecule has 1 aliphatic heterocycles. The molecule has 0 spiro atoms. The first-order valence-corrected chi connectivity index (χ1v) is 9.33. The minimum absolute atomic E-state index is 0.00653. The summed E-state index contributed by atoms with van der Waals surface area (Å²) in [7, 11) is -2.28. The first-order chi connectivity index (χ1) is 12.4. The summed E-state index contributed by atoms with van der Waals surface area (Å²) in [6, 6.07) is 14.8. The molecule has 2 aromatic carbocycles. The molecule has 0 atom stereocenters. The predicted molar refractivity (Wildman–Crippen MR) is 97.8 cm³/mol. The van der Waals surface area contributed by atoms with Crippen molar-refractivity contribution in [2.24, 2.45) is 0 Å². The van der Waals surface area contributed by atoms with E-state index in [0.717, 1.165) is 10.5 Å². The van der Waals surface area contributed by atoms with Crippen molar-refractivity contribution in [3.63, 3.8) is 0 Å². The van der Waals surface area contributed by atoms with Gasteiger partial charge >= 0.3 is 6.03 Å². The average Bonchev–Trinajstić information content (AvgIpc) is 2.86. The van der Waals surface area contributed by atoms with Gasteiger partial charge in [-0.15, -0.1) is 0 Å². The van der Waals surface area contributed by atoms with Gasteiger partial charge < -0.3 is 4.90 Å². The third-order valence-electron chi connectivity index (χ3n) is 3.81. The monoisotopic (exact) mass is 374 g/mol. The van der Waals surface area contributed by atoms with Gasteiger partial charge in [0, 0.05) is 13.6 Å². The van der Waals surface area contributed by atoms with E-state index >= 15 is 0 Å². The minimum atomic E-state index is -3.81. The number of benzene rings is 2. The fourth-order valence-electron chi connectivity index (χ4n) is 2.55. The molecule has 3 amide bonds. The molecule has 1 fully saturated rings. The number of nitrogens with one attached hydrogen (secondary N) is 2.